The van der Waals surface area contributed by atoms with Crippen LogP contribution >= 0.6 is 0 Å². The molecule has 3 N–H and O–H groups in total. The van der Waals surface area contributed by atoms with Crippen LogP contribution in [0.1, 0.15) is 98.2 Å². The van der Waals surface area contributed by atoms with Gasteiger partial charge in [-0.2, -0.15) is 35.9 Å². The van der Waals surface area contributed by atoms with Gasteiger partial charge in [0.15, 0.2) is 11.4 Å². The van der Waals surface area contributed by atoms with Gasteiger partial charge in [0, 0.05) is 11.1 Å². The van der Waals surface area contributed by atoms with Crippen LogP contribution in [0, 0.1) is 33.8 Å². The van der Waals surface area contributed by atoms with Crippen molar-refractivity contribution in [1.82, 2.24) is 0 Å². The number of hydrogen-bond donors (Lipinski definition) is 1. The molecule has 0 unspecified atom stereocenters. The van der Waals surface area contributed by atoms with Crippen molar-refractivity contribution in [2.45, 2.75) is 106 Å². The zero-order chi connectivity index (χ0) is 32.6. The third-order valence-corrected chi connectivity index (χ3v) is 8.04. The lowest BCUT2D eigenvalue weighted by Gasteiger charge is -2.24. The van der Waals surface area contributed by atoms with Gasteiger partial charge in [0.2, 0.25) is 0 Å². The molecule has 4 aromatic carbocycles. The van der Waals surface area contributed by atoms with Gasteiger partial charge in [-0.25, -0.2) is 0 Å². The normalized spacial score (nSPS) is 10.6. The largest absolute Gasteiger partial charge is 0.864 e. The molecule has 4 nitrogen and oxygen atoms in total. The van der Waals surface area contributed by atoms with E-state index in [4.69, 9.17) is 14.0 Å². The minimum atomic E-state index is -0.945. The smallest absolute Gasteiger partial charge is 0.490 e. The second-order valence-corrected chi connectivity index (χ2v) is 12.0. The number of hydrogen-bond acceptors (Lipinski definition) is 3. The first-order chi connectivity index (χ1) is 21.8. The summed E-state index contributed by atoms with van der Waals surface area (Å²) in [6.07, 6.45) is 9.92. The summed E-state index contributed by atoms with van der Waals surface area (Å²) in [7, 11) is -0.945. The topological polar surface area (TPSA) is 55.3 Å². The van der Waals surface area contributed by atoms with E-state index in [0.717, 1.165) is 67.5 Å². The molecule has 4 aromatic rings. The summed E-state index contributed by atoms with van der Waals surface area (Å²) in [6, 6.07) is 26.8. The second kappa shape index (κ2) is 19.0. The highest BCUT2D eigenvalue weighted by molar-refractivity contribution is 6.39. The van der Waals surface area contributed by atoms with Gasteiger partial charge in [-0.3, -0.25) is 0 Å². The number of aryl methyl sites for hydroxylation is 3. The van der Waals surface area contributed by atoms with E-state index in [2.05, 4.69) is 78.5 Å². The molecule has 0 spiro atoms. The van der Waals surface area contributed by atoms with Crippen molar-refractivity contribution in [1.29, 1.82) is 0 Å². The number of benzene rings is 4. The molecule has 0 aromatic heterocycles. The van der Waals surface area contributed by atoms with E-state index in [1.165, 1.54) is 40.7 Å². The van der Waals surface area contributed by atoms with Gasteiger partial charge < -0.3 is 19.7 Å². The molecular weight excluding hydrogens is 553 g/mol. The lowest BCUT2D eigenvalue weighted by molar-refractivity contribution is -0.257. The van der Waals surface area contributed by atoms with E-state index >= 15 is 0 Å². The lowest BCUT2D eigenvalue weighted by Crippen LogP contribution is -2.45. The van der Waals surface area contributed by atoms with E-state index in [-0.39, 0.29) is 0 Å². The van der Waals surface area contributed by atoms with Gasteiger partial charge in [0.05, 0.1) is 0 Å². The molecule has 0 saturated carbocycles. The molecule has 0 bridgehead atoms. The summed E-state index contributed by atoms with van der Waals surface area (Å²) in [5, 5.41) is 0. The average molecular weight is 608 g/mol. The van der Waals surface area contributed by atoms with Gasteiger partial charge >= 0.3 is 7.32 Å². The summed E-state index contributed by atoms with van der Waals surface area (Å²) in [4.78, 5) is 0. The molecule has 0 atom stereocenters. The molecule has 0 fully saturated rings. The number of quaternary nitrogens is 1. The molecular formula is C40H54BNO3. The Hall–Kier alpha value is -3.70. The monoisotopic (exact) mass is 607 g/mol. The van der Waals surface area contributed by atoms with Crippen LogP contribution in [-0.4, -0.2) is 7.32 Å². The number of rotatable bonds is 15. The summed E-state index contributed by atoms with van der Waals surface area (Å²) in [6.45, 7) is 15.2. The van der Waals surface area contributed by atoms with Crippen molar-refractivity contribution in [3.8, 4) is 17.2 Å². The maximum absolute atomic E-state index is 6.72. The van der Waals surface area contributed by atoms with Crippen LogP contribution in [0.15, 0.2) is 72.8 Å². The van der Waals surface area contributed by atoms with Gasteiger partial charge in [-0.1, -0.05) is 71.2 Å². The summed E-state index contributed by atoms with van der Waals surface area (Å²) in [5.74, 6) is 2.25. The van der Waals surface area contributed by atoms with Crippen LogP contribution in [0.25, 0.3) is 0 Å². The minimum absolute atomic E-state index is 0.714. The highest BCUT2D eigenvalue weighted by Crippen LogP contribution is 2.39. The van der Waals surface area contributed by atoms with Crippen LogP contribution in [0.3, 0.4) is 0 Å². The van der Waals surface area contributed by atoms with E-state index < -0.39 is 7.32 Å². The van der Waals surface area contributed by atoms with Crippen molar-refractivity contribution < 1.29 is 19.7 Å². The molecule has 0 aliphatic rings. The fourth-order valence-electron chi connectivity index (χ4n) is 5.48. The van der Waals surface area contributed by atoms with E-state index in [0.29, 0.717) is 11.5 Å². The Bertz CT molecular complexity index is 1410. The first-order valence-electron chi connectivity index (χ1n) is 16.8. The molecule has 240 valence electrons. The summed E-state index contributed by atoms with van der Waals surface area (Å²) in [5.41, 5.74) is 14.5. The average Bonchev–Trinajstić information content (AvgIpc) is 3.02. The Labute approximate surface area is 273 Å². The zero-order valence-electron chi connectivity index (χ0n) is 28.8. The Morgan fingerprint density at radius 3 is 1.58 bits per heavy atom. The Balaban J connectivity index is 0.000000693. The van der Waals surface area contributed by atoms with Crippen LogP contribution in [0.4, 0.5) is 5.69 Å². The molecule has 0 saturated heterocycles. The molecule has 45 heavy (non-hydrogen) atoms. The molecule has 0 aliphatic heterocycles. The minimum Gasteiger partial charge on any atom is -0.490 e. The Morgan fingerprint density at radius 2 is 1.13 bits per heavy atom. The fourth-order valence-corrected chi connectivity index (χ4v) is 5.48. The first kappa shape index (κ1) is 35.8. The lowest BCUT2D eigenvalue weighted by atomic mass is 9.86. The highest BCUT2D eigenvalue weighted by atomic mass is 16.7. The molecule has 0 aliphatic carbocycles. The van der Waals surface area contributed by atoms with Gasteiger partial charge in [-0.15, -0.1) is 0 Å². The van der Waals surface area contributed by atoms with Crippen LogP contribution in [0.2, 0.25) is 0 Å². The third kappa shape index (κ3) is 11.3. The summed E-state index contributed by atoms with van der Waals surface area (Å²) >= 11 is 0. The van der Waals surface area contributed by atoms with Gasteiger partial charge in [0.1, 0.15) is 11.5 Å². The standard InChI is InChI=1S/C33H46BNO3.C7H7/c1-7-10-19-29-26(6)30(20-11-8-2)33(32(35)31(29)21-12-9-3)38-34(36-27-17-13-15-24(4)22-27)37-28-18-14-16-25(5)23-28;1-7-5-3-2-4-6-7/h13-18,22-23H,7-12,19-21,35H2,1-6H3;2-3,5-6H,1H3/q;-1/p+1. The second-order valence-electron chi connectivity index (χ2n) is 12.0. The van der Waals surface area contributed by atoms with Crippen LogP contribution in [0.5, 0.6) is 17.2 Å². The molecule has 5 heteroatoms. The Morgan fingerprint density at radius 1 is 0.622 bits per heavy atom. The first-order valence-corrected chi connectivity index (χ1v) is 16.8. The molecule has 0 radical (unpaired) electrons. The van der Waals surface area contributed by atoms with Crippen LogP contribution in [-0.2, 0) is 19.3 Å². The molecule has 0 amide bonds. The van der Waals surface area contributed by atoms with Crippen molar-refractivity contribution >= 4 is 13.0 Å². The maximum Gasteiger partial charge on any atom is 0.864 e. The SMILES string of the molecule is CCCCc1c(C)c(CCCC)c(OB(Oc2cccc(C)c2)Oc2cccc(C)c2)c([NH3+])c1CCCC.Cc1c[c-]ccc1. The van der Waals surface area contributed by atoms with Crippen molar-refractivity contribution in [3.63, 3.8) is 0 Å². The van der Waals surface area contributed by atoms with E-state index in [1.807, 2.05) is 54.6 Å². The highest BCUT2D eigenvalue weighted by Gasteiger charge is 2.35. The van der Waals surface area contributed by atoms with E-state index in [1.54, 1.807) is 0 Å². The molecule has 0 heterocycles. The van der Waals surface area contributed by atoms with E-state index in [9.17, 15) is 0 Å². The van der Waals surface area contributed by atoms with Crippen molar-refractivity contribution in [2.75, 3.05) is 0 Å². The fraction of sp³-hybridized carbons (Fsp3) is 0.400. The number of unbranched alkanes of at least 4 members (excludes halogenated alkanes) is 3. The van der Waals surface area contributed by atoms with Gasteiger partial charge in [-0.05, 0) is 106 Å². The third-order valence-electron chi connectivity index (χ3n) is 8.04. The zero-order valence-corrected chi connectivity index (χ0v) is 28.8. The van der Waals surface area contributed by atoms with Crippen LogP contribution < -0.4 is 19.7 Å². The van der Waals surface area contributed by atoms with Crippen molar-refractivity contribution in [3.05, 3.63) is 118 Å². The van der Waals surface area contributed by atoms with Crippen molar-refractivity contribution in [2.24, 2.45) is 0 Å². The molecule has 4 rings (SSSR count). The predicted octanol–water partition coefficient (Wildman–Crippen LogP) is 9.83. The van der Waals surface area contributed by atoms with Gasteiger partial charge in [0.25, 0.3) is 0 Å². The Kier molecular flexibility index (Phi) is 15.1. The quantitative estimate of drug-likeness (QED) is 0.108. The predicted molar refractivity (Wildman–Crippen MR) is 190 cm³/mol. The maximum atomic E-state index is 6.72. The summed E-state index contributed by atoms with van der Waals surface area (Å²) < 4.78 is 19.4.